The van der Waals surface area contributed by atoms with Gasteiger partial charge in [-0.3, -0.25) is 4.79 Å². The maximum atomic E-state index is 11.1. The van der Waals surface area contributed by atoms with Crippen LogP contribution in [0.2, 0.25) is 0 Å². The highest BCUT2D eigenvalue weighted by molar-refractivity contribution is 9.10. The number of aliphatic carboxylic acids is 1. The number of carboxylic acid groups (broad SMARTS) is 1. The quantitative estimate of drug-likeness (QED) is 0.902. The van der Waals surface area contributed by atoms with Crippen molar-refractivity contribution in [3.05, 3.63) is 20.8 Å². The van der Waals surface area contributed by atoms with Crippen LogP contribution in [-0.2, 0) is 4.79 Å². The van der Waals surface area contributed by atoms with Crippen LogP contribution >= 0.6 is 27.3 Å². The highest BCUT2D eigenvalue weighted by Gasteiger charge is 2.38. The molecule has 3 unspecified atom stereocenters. The zero-order valence-corrected chi connectivity index (χ0v) is 11.0. The highest BCUT2D eigenvalue weighted by Crippen LogP contribution is 2.43. The second-order valence-electron chi connectivity index (χ2n) is 4.12. The Morgan fingerprint density at radius 1 is 1.56 bits per heavy atom. The lowest BCUT2D eigenvalue weighted by molar-refractivity contribution is -0.144. The van der Waals surface area contributed by atoms with Crippen molar-refractivity contribution in [3.63, 3.8) is 0 Å². The summed E-state index contributed by atoms with van der Waals surface area (Å²) in [5.74, 6) is -1.33. The minimum absolute atomic E-state index is 0.146. The summed E-state index contributed by atoms with van der Waals surface area (Å²) < 4.78 is 0.876. The summed E-state index contributed by atoms with van der Waals surface area (Å²) in [5, 5.41) is 21.2. The van der Waals surface area contributed by atoms with Gasteiger partial charge < -0.3 is 10.2 Å². The first kappa shape index (κ1) is 12.1. The fourth-order valence-electron chi connectivity index (χ4n) is 2.38. The molecule has 0 aromatic carbocycles. The number of rotatable bonds is 3. The second-order valence-corrected chi connectivity index (χ2v) is 5.92. The molecule has 0 bridgehead atoms. The largest absolute Gasteiger partial charge is 0.481 e. The van der Waals surface area contributed by atoms with Gasteiger partial charge in [0.15, 0.2) is 0 Å². The van der Waals surface area contributed by atoms with E-state index in [1.807, 2.05) is 11.4 Å². The number of thiophene rings is 1. The third kappa shape index (κ3) is 2.17. The maximum Gasteiger partial charge on any atom is 0.306 e. The molecule has 16 heavy (non-hydrogen) atoms. The molecule has 0 saturated heterocycles. The normalized spacial score (nSPS) is 26.9. The van der Waals surface area contributed by atoms with Gasteiger partial charge in [-0.1, -0.05) is 6.42 Å². The van der Waals surface area contributed by atoms with Crippen molar-refractivity contribution < 1.29 is 15.0 Å². The molecule has 1 saturated carbocycles. The first-order chi connectivity index (χ1) is 7.61. The van der Waals surface area contributed by atoms with E-state index in [2.05, 4.69) is 15.9 Å². The molecule has 0 spiro atoms. The van der Waals surface area contributed by atoms with Crippen molar-refractivity contribution >= 4 is 33.2 Å². The van der Waals surface area contributed by atoms with E-state index in [1.54, 1.807) is 0 Å². The van der Waals surface area contributed by atoms with Gasteiger partial charge in [0, 0.05) is 15.3 Å². The van der Waals surface area contributed by atoms with Crippen molar-refractivity contribution in [1.29, 1.82) is 0 Å². The molecule has 1 aromatic rings. The van der Waals surface area contributed by atoms with E-state index in [4.69, 9.17) is 5.11 Å². The average molecular weight is 305 g/mol. The monoisotopic (exact) mass is 304 g/mol. The van der Waals surface area contributed by atoms with Crippen LogP contribution < -0.4 is 0 Å². The average Bonchev–Trinajstić information content (AvgIpc) is 2.84. The Hall–Kier alpha value is -0.390. The van der Waals surface area contributed by atoms with Crippen molar-refractivity contribution in [2.45, 2.75) is 25.4 Å². The molecule has 3 atom stereocenters. The summed E-state index contributed by atoms with van der Waals surface area (Å²) in [5.41, 5.74) is 0. The van der Waals surface area contributed by atoms with Gasteiger partial charge in [0.05, 0.1) is 12.0 Å². The Bertz CT molecular complexity index is 390. The van der Waals surface area contributed by atoms with E-state index in [9.17, 15) is 9.90 Å². The predicted molar refractivity (Wildman–Crippen MR) is 65.4 cm³/mol. The predicted octanol–water partition coefficient (Wildman–Crippen LogP) is 3.04. The zero-order valence-electron chi connectivity index (χ0n) is 8.60. The molecule has 88 valence electrons. The van der Waals surface area contributed by atoms with Crippen LogP contribution in [0.1, 0.15) is 30.2 Å². The SMILES string of the molecule is O=C(O)C1CCCC1C(O)c1sccc1Br. The van der Waals surface area contributed by atoms with Gasteiger partial charge >= 0.3 is 5.97 Å². The molecule has 1 aliphatic carbocycles. The van der Waals surface area contributed by atoms with Gasteiger partial charge in [-0.25, -0.2) is 0 Å². The topological polar surface area (TPSA) is 57.5 Å². The molecule has 5 heteroatoms. The fraction of sp³-hybridized carbons (Fsp3) is 0.545. The molecule has 1 aliphatic rings. The third-order valence-electron chi connectivity index (χ3n) is 3.21. The van der Waals surface area contributed by atoms with Crippen LogP contribution in [0.15, 0.2) is 15.9 Å². The smallest absolute Gasteiger partial charge is 0.306 e. The van der Waals surface area contributed by atoms with Crippen molar-refractivity contribution in [3.8, 4) is 0 Å². The van der Waals surface area contributed by atoms with Crippen molar-refractivity contribution in [2.75, 3.05) is 0 Å². The van der Waals surface area contributed by atoms with Crippen LogP contribution in [-0.4, -0.2) is 16.2 Å². The van der Waals surface area contributed by atoms with Gasteiger partial charge in [0.2, 0.25) is 0 Å². The first-order valence-corrected chi connectivity index (χ1v) is 6.92. The maximum absolute atomic E-state index is 11.1. The van der Waals surface area contributed by atoms with E-state index < -0.39 is 18.0 Å². The lowest BCUT2D eigenvalue weighted by Crippen LogP contribution is -2.23. The Morgan fingerprint density at radius 2 is 2.31 bits per heavy atom. The molecular formula is C11H13BrO3S. The number of carbonyl (C=O) groups is 1. The molecule has 1 fully saturated rings. The lowest BCUT2D eigenvalue weighted by Gasteiger charge is -2.21. The molecule has 0 amide bonds. The summed E-state index contributed by atoms with van der Waals surface area (Å²) in [7, 11) is 0. The molecule has 3 nitrogen and oxygen atoms in total. The van der Waals surface area contributed by atoms with Gasteiger partial charge in [-0.15, -0.1) is 11.3 Å². The fourth-order valence-corrected chi connectivity index (χ4v) is 4.05. The molecule has 1 heterocycles. The van der Waals surface area contributed by atoms with E-state index in [1.165, 1.54) is 11.3 Å². The Balaban J connectivity index is 2.18. The van der Waals surface area contributed by atoms with Gasteiger partial charge in [0.1, 0.15) is 0 Å². The zero-order chi connectivity index (χ0) is 11.7. The summed E-state index contributed by atoms with van der Waals surface area (Å²) in [4.78, 5) is 11.9. The Labute approximate surface area is 106 Å². The van der Waals surface area contributed by atoms with E-state index in [0.29, 0.717) is 6.42 Å². The summed E-state index contributed by atoms with van der Waals surface area (Å²) in [6.07, 6.45) is 1.71. The number of hydrogen-bond acceptors (Lipinski definition) is 3. The first-order valence-electron chi connectivity index (χ1n) is 5.25. The minimum Gasteiger partial charge on any atom is -0.481 e. The summed E-state index contributed by atoms with van der Waals surface area (Å²) in [6, 6.07) is 1.88. The third-order valence-corrected chi connectivity index (χ3v) is 5.15. The van der Waals surface area contributed by atoms with Crippen molar-refractivity contribution in [1.82, 2.24) is 0 Å². The number of carboxylic acids is 1. The Morgan fingerprint density at radius 3 is 2.88 bits per heavy atom. The summed E-state index contributed by atoms with van der Waals surface area (Å²) >= 11 is 4.84. The Kier molecular flexibility index (Phi) is 3.66. The minimum atomic E-state index is -0.783. The molecule has 1 aromatic heterocycles. The van der Waals surface area contributed by atoms with E-state index >= 15 is 0 Å². The van der Waals surface area contributed by atoms with Crippen LogP contribution in [0.25, 0.3) is 0 Å². The highest BCUT2D eigenvalue weighted by atomic mass is 79.9. The summed E-state index contributed by atoms with van der Waals surface area (Å²) in [6.45, 7) is 0. The number of aliphatic hydroxyl groups is 1. The van der Waals surface area contributed by atoms with Crippen LogP contribution in [0.3, 0.4) is 0 Å². The standard InChI is InChI=1S/C11H13BrO3S/c12-8-4-5-16-10(8)9(13)6-2-1-3-7(6)11(14)15/h4-7,9,13H,1-3H2,(H,14,15). The lowest BCUT2D eigenvalue weighted by atomic mass is 9.90. The number of aliphatic hydroxyl groups excluding tert-OH is 1. The molecule has 0 radical (unpaired) electrons. The van der Waals surface area contributed by atoms with Gasteiger partial charge in [-0.2, -0.15) is 0 Å². The number of hydrogen-bond donors (Lipinski definition) is 2. The molecule has 2 rings (SSSR count). The number of halogens is 1. The van der Waals surface area contributed by atoms with E-state index in [0.717, 1.165) is 22.2 Å². The van der Waals surface area contributed by atoms with E-state index in [-0.39, 0.29) is 5.92 Å². The van der Waals surface area contributed by atoms with Crippen LogP contribution in [0.4, 0.5) is 0 Å². The molecule has 2 N–H and O–H groups in total. The molecule has 0 aliphatic heterocycles. The van der Waals surface area contributed by atoms with Gasteiger partial charge in [-0.05, 0) is 40.2 Å². The van der Waals surface area contributed by atoms with Crippen LogP contribution in [0, 0.1) is 11.8 Å². The second kappa shape index (κ2) is 4.85. The van der Waals surface area contributed by atoms with Gasteiger partial charge in [0.25, 0.3) is 0 Å². The van der Waals surface area contributed by atoms with Crippen LogP contribution in [0.5, 0.6) is 0 Å². The van der Waals surface area contributed by atoms with Crippen molar-refractivity contribution in [2.24, 2.45) is 11.8 Å². The molecular weight excluding hydrogens is 292 g/mol.